The lowest BCUT2D eigenvalue weighted by Gasteiger charge is -2.33. The molecular weight excluding hydrogens is 343 g/mol. The molecule has 1 aromatic carbocycles. The Morgan fingerprint density at radius 1 is 1.08 bits per heavy atom. The van der Waals surface area contributed by atoms with Crippen LogP contribution in [-0.4, -0.2) is 30.1 Å². The minimum atomic E-state index is -3.69. The Kier molecular flexibility index (Phi) is 8.50. The zero-order chi connectivity index (χ0) is 18.9. The highest BCUT2D eigenvalue weighted by atomic mass is 31.2. The fourth-order valence-electron chi connectivity index (χ4n) is 2.32. The highest BCUT2D eigenvalue weighted by Crippen LogP contribution is 2.62. The molecule has 0 aliphatic heterocycles. The molecule has 0 saturated carbocycles. The van der Waals surface area contributed by atoms with Crippen LogP contribution in [0.2, 0.25) is 0 Å². The van der Waals surface area contributed by atoms with Crippen LogP contribution in [0.15, 0.2) is 30.3 Å². The number of benzene rings is 1. The van der Waals surface area contributed by atoms with E-state index >= 15 is 0 Å². The first kappa shape index (κ1) is 21.6. The van der Waals surface area contributed by atoms with Crippen LogP contribution in [0.5, 0.6) is 0 Å². The van der Waals surface area contributed by atoms with Crippen molar-refractivity contribution in [2.24, 2.45) is 0 Å². The van der Waals surface area contributed by atoms with Crippen LogP contribution in [0.1, 0.15) is 46.1 Å². The van der Waals surface area contributed by atoms with E-state index in [9.17, 15) is 14.2 Å². The molecule has 0 amide bonds. The van der Waals surface area contributed by atoms with Gasteiger partial charge in [0, 0.05) is 6.42 Å². The van der Waals surface area contributed by atoms with Gasteiger partial charge in [0.25, 0.3) is 0 Å². The van der Waals surface area contributed by atoms with Crippen LogP contribution < -0.4 is 0 Å². The Balaban J connectivity index is 2.75. The van der Waals surface area contributed by atoms with Crippen molar-refractivity contribution in [1.82, 2.24) is 0 Å². The summed E-state index contributed by atoms with van der Waals surface area (Å²) in [5.41, 5.74) is 0.875. The number of ether oxygens (including phenoxy) is 1. The molecule has 0 radical (unpaired) electrons. The van der Waals surface area contributed by atoms with Crippen LogP contribution in [-0.2, 0) is 34.5 Å². The summed E-state index contributed by atoms with van der Waals surface area (Å²) >= 11 is 0. The first-order valence-corrected chi connectivity index (χ1v) is 9.93. The van der Waals surface area contributed by atoms with Gasteiger partial charge in [-0.25, -0.2) is 0 Å². The number of esters is 1. The van der Waals surface area contributed by atoms with E-state index in [2.05, 4.69) is 0 Å². The van der Waals surface area contributed by atoms with Gasteiger partial charge in [0.15, 0.2) is 0 Å². The fraction of sp³-hybridized carbons (Fsp3) is 0.556. The van der Waals surface area contributed by atoms with E-state index < -0.39 is 18.7 Å². The molecule has 0 spiro atoms. The van der Waals surface area contributed by atoms with Gasteiger partial charge in [0.2, 0.25) is 0 Å². The van der Waals surface area contributed by atoms with Crippen molar-refractivity contribution >= 4 is 19.3 Å². The van der Waals surface area contributed by atoms with E-state index in [0.29, 0.717) is 0 Å². The van der Waals surface area contributed by atoms with Gasteiger partial charge in [-0.1, -0.05) is 30.3 Å². The van der Waals surface area contributed by atoms with E-state index in [4.69, 9.17) is 13.8 Å². The number of Topliss-reactive ketones (excluding diaryl/α,β-unsaturated/α-hetero) is 1. The molecule has 0 unspecified atom stereocenters. The summed E-state index contributed by atoms with van der Waals surface area (Å²) in [4.78, 5) is 24.2. The molecule has 0 saturated heterocycles. The molecule has 0 N–H and O–H groups in total. The van der Waals surface area contributed by atoms with Crippen molar-refractivity contribution in [2.75, 3.05) is 13.2 Å². The minimum Gasteiger partial charge on any atom is -0.461 e. The average Bonchev–Trinajstić information content (AvgIpc) is 2.58. The number of ketones is 1. The van der Waals surface area contributed by atoms with Gasteiger partial charge in [-0.05, 0) is 39.7 Å². The normalized spacial score (nSPS) is 13.9. The summed E-state index contributed by atoms with van der Waals surface area (Å²) in [5, 5.41) is -1.38. The number of hydrogen-bond donors (Lipinski definition) is 0. The summed E-state index contributed by atoms with van der Waals surface area (Å²) in [6, 6.07) is 9.30. The molecular formula is C18H27O6P. The standard InChI is InChI=1S/C18H27O6P/c1-5-23-25(21,24-6-2)18(4,15(3)19)13-12-17(20)22-14-16-10-8-7-9-11-16/h7-11H,5-6,12-14H2,1-4H3/t18-/m0/s1. The highest BCUT2D eigenvalue weighted by Gasteiger charge is 2.50. The molecule has 1 rings (SSSR count). The van der Waals surface area contributed by atoms with Gasteiger partial charge >= 0.3 is 13.6 Å². The number of rotatable bonds is 11. The maximum atomic E-state index is 13.1. The molecule has 0 aromatic heterocycles. The molecule has 0 aliphatic carbocycles. The molecule has 0 aliphatic rings. The van der Waals surface area contributed by atoms with Crippen molar-refractivity contribution in [1.29, 1.82) is 0 Å². The number of hydrogen-bond acceptors (Lipinski definition) is 6. The average molecular weight is 370 g/mol. The zero-order valence-corrected chi connectivity index (χ0v) is 16.2. The lowest BCUT2D eigenvalue weighted by molar-refractivity contribution is -0.145. The Morgan fingerprint density at radius 3 is 2.12 bits per heavy atom. The summed E-state index contributed by atoms with van der Waals surface area (Å²) < 4.78 is 28.9. The van der Waals surface area contributed by atoms with Crippen LogP contribution in [0, 0.1) is 0 Å². The van der Waals surface area contributed by atoms with E-state index in [-0.39, 0.29) is 38.4 Å². The predicted molar refractivity (Wildman–Crippen MR) is 95.4 cm³/mol. The van der Waals surface area contributed by atoms with Crippen LogP contribution in [0.4, 0.5) is 0 Å². The molecule has 0 bridgehead atoms. The van der Waals surface area contributed by atoms with Crippen molar-refractivity contribution in [3.05, 3.63) is 35.9 Å². The van der Waals surface area contributed by atoms with E-state index in [0.717, 1.165) is 5.56 Å². The largest absolute Gasteiger partial charge is 0.461 e. The summed E-state index contributed by atoms with van der Waals surface area (Å²) in [7, 11) is -3.69. The molecule has 0 heterocycles. The van der Waals surface area contributed by atoms with E-state index in [1.165, 1.54) is 13.8 Å². The van der Waals surface area contributed by atoms with Crippen molar-refractivity contribution in [3.8, 4) is 0 Å². The maximum absolute atomic E-state index is 13.1. The molecule has 1 aromatic rings. The van der Waals surface area contributed by atoms with E-state index in [1.807, 2.05) is 30.3 Å². The summed E-state index contributed by atoms with van der Waals surface area (Å²) in [6.07, 6.45) is -0.0136. The Morgan fingerprint density at radius 2 is 1.64 bits per heavy atom. The minimum absolute atomic E-state index is 0.0350. The van der Waals surface area contributed by atoms with Gasteiger partial charge in [-0.2, -0.15) is 0 Å². The first-order chi connectivity index (χ1) is 11.8. The second kappa shape index (κ2) is 9.85. The van der Waals surface area contributed by atoms with Gasteiger partial charge in [-0.15, -0.1) is 0 Å². The molecule has 140 valence electrons. The number of carbonyl (C=O) groups is 2. The molecule has 25 heavy (non-hydrogen) atoms. The monoisotopic (exact) mass is 370 g/mol. The lowest BCUT2D eigenvalue weighted by atomic mass is 10.0. The van der Waals surface area contributed by atoms with Crippen LogP contribution in [0.25, 0.3) is 0 Å². The third-order valence-corrected chi connectivity index (χ3v) is 6.96. The second-order valence-corrected chi connectivity index (χ2v) is 8.31. The van der Waals surface area contributed by atoms with Gasteiger partial charge < -0.3 is 13.8 Å². The predicted octanol–water partition coefficient (Wildman–Crippen LogP) is 4.12. The molecule has 0 fully saturated rings. The smallest absolute Gasteiger partial charge is 0.343 e. The number of carbonyl (C=O) groups excluding carboxylic acids is 2. The highest BCUT2D eigenvalue weighted by molar-refractivity contribution is 7.56. The lowest BCUT2D eigenvalue weighted by Crippen LogP contribution is -2.36. The molecule has 7 heteroatoms. The first-order valence-electron chi connectivity index (χ1n) is 8.39. The summed E-state index contributed by atoms with van der Waals surface area (Å²) in [6.45, 7) is 6.68. The Hall–Kier alpha value is -1.49. The zero-order valence-electron chi connectivity index (χ0n) is 15.3. The van der Waals surface area contributed by atoms with Crippen LogP contribution >= 0.6 is 7.60 Å². The van der Waals surface area contributed by atoms with Gasteiger partial charge in [-0.3, -0.25) is 14.2 Å². The Labute approximate surface area is 149 Å². The molecule has 1 atom stereocenters. The maximum Gasteiger partial charge on any atom is 0.343 e. The third kappa shape index (κ3) is 5.77. The molecule has 6 nitrogen and oxygen atoms in total. The van der Waals surface area contributed by atoms with Gasteiger partial charge in [0.05, 0.1) is 13.2 Å². The van der Waals surface area contributed by atoms with Gasteiger partial charge in [0.1, 0.15) is 17.5 Å². The van der Waals surface area contributed by atoms with Crippen molar-refractivity contribution < 1.29 is 27.9 Å². The second-order valence-electron chi connectivity index (χ2n) is 5.81. The quantitative estimate of drug-likeness (QED) is 0.431. The fourth-order valence-corrected chi connectivity index (χ4v) is 4.42. The summed E-state index contributed by atoms with van der Waals surface area (Å²) in [5.74, 6) is -0.801. The van der Waals surface area contributed by atoms with E-state index in [1.54, 1.807) is 13.8 Å². The van der Waals surface area contributed by atoms with Crippen molar-refractivity contribution in [3.63, 3.8) is 0 Å². The van der Waals surface area contributed by atoms with Crippen molar-refractivity contribution in [2.45, 2.75) is 52.3 Å². The topological polar surface area (TPSA) is 78.9 Å². The SMILES string of the molecule is CCOP(=O)(OCC)[C@@](C)(CCC(=O)OCc1ccccc1)C(C)=O. The third-order valence-electron chi connectivity index (χ3n) is 4.02. The van der Waals surface area contributed by atoms with Crippen LogP contribution in [0.3, 0.4) is 0 Å². The Bertz CT molecular complexity index is 605.